The van der Waals surface area contributed by atoms with Gasteiger partial charge in [0.2, 0.25) is 0 Å². The number of hydrogen-bond donors (Lipinski definition) is 1. The fourth-order valence-corrected chi connectivity index (χ4v) is 2.52. The minimum absolute atomic E-state index is 0.590. The zero-order valence-electron chi connectivity index (χ0n) is 10.8. The third-order valence-electron chi connectivity index (χ3n) is 3.66. The molecule has 1 aromatic carbocycles. The quantitative estimate of drug-likeness (QED) is 0.872. The fraction of sp³-hybridized carbons (Fsp3) is 0.400. The van der Waals surface area contributed by atoms with Crippen LogP contribution >= 0.6 is 0 Å². The van der Waals surface area contributed by atoms with E-state index in [4.69, 9.17) is 4.98 Å². The molecule has 3 nitrogen and oxygen atoms in total. The molecule has 1 atom stereocenters. The topological polar surface area (TPSA) is 28.2 Å². The summed E-state index contributed by atoms with van der Waals surface area (Å²) in [6.07, 6.45) is 0. The van der Waals surface area contributed by atoms with Crippen LogP contribution in [-0.2, 0) is 6.54 Å². The lowest BCUT2D eigenvalue weighted by Crippen LogP contribution is -2.49. The van der Waals surface area contributed by atoms with Crippen molar-refractivity contribution in [3.63, 3.8) is 0 Å². The predicted molar refractivity (Wildman–Crippen MR) is 74.5 cm³/mol. The van der Waals surface area contributed by atoms with Gasteiger partial charge in [0.15, 0.2) is 0 Å². The Morgan fingerprint density at radius 3 is 3.06 bits per heavy atom. The largest absolute Gasteiger partial charge is 0.314 e. The van der Waals surface area contributed by atoms with Crippen LogP contribution in [0.4, 0.5) is 0 Å². The number of rotatable bonds is 2. The number of nitrogens with one attached hydrogen (secondary N) is 1. The van der Waals surface area contributed by atoms with Gasteiger partial charge < -0.3 is 5.32 Å². The molecule has 2 heterocycles. The number of nitrogens with zero attached hydrogens (tertiary/aromatic N) is 2. The molecule has 2 aromatic rings. The van der Waals surface area contributed by atoms with Gasteiger partial charge in [0.05, 0.1) is 11.2 Å². The molecular formula is C15H19N3. The molecular weight excluding hydrogens is 222 g/mol. The van der Waals surface area contributed by atoms with E-state index in [0.29, 0.717) is 6.04 Å². The molecule has 0 bridgehead atoms. The first-order valence-electron chi connectivity index (χ1n) is 6.62. The number of aromatic nitrogens is 1. The molecule has 0 aliphatic carbocycles. The van der Waals surface area contributed by atoms with Crippen LogP contribution in [0.2, 0.25) is 0 Å². The first-order chi connectivity index (χ1) is 8.83. The van der Waals surface area contributed by atoms with Crippen LogP contribution in [-0.4, -0.2) is 35.6 Å². The summed E-state index contributed by atoms with van der Waals surface area (Å²) in [7, 11) is 0. The van der Waals surface area contributed by atoms with E-state index in [-0.39, 0.29) is 0 Å². The zero-order chi connectivity index (χ0) is 12.4. The minimum Gasteiger partial charge on any atom is -0.314 e. The van der Waals surface area contributed by atoms with Crippen LogP contribution in [0.5, 0.6) is 0 Å². The van der Waals surface area contributed by atoms with E-state index in [0.717, 1.165) is 31.7 Å². The van der Waals surface area contributed by atoms with Crippen LogP contribution < -0.4 is 5.32 Å². The van der Waals surface area contributed by atoms with Gasteiger partial charge in [-0.15, -0.1) is 0 Å². The number of hydrogen-bond acceptors (Lipinski definition) is 3. The van der Waals surface area contributed by atoms with Crippen molar-refractivity contribution in [2.24, 2.45) is 0 Å². The number of fused-ring (bicyclic) bond motifs is 1. The first-order valence-corrected chi connectivity index (χ1v) is 6.62. The average molecular weight is 241 g/mol. The Morgan fingerprint density at radius 2 is 2.17 bits per heavy atom. The van der Waals surface area contributed by atoms with Crippen molar-refractivity contribution < 1.29 is 0 Å². The van der Waals surface area contributed by atoms with Crippen molar-refractivity contribution in [2.75, 3.05) is 19.6 Å². The van der Waals surface area contributed by atoms with E-state index in [1.54, 1.807) is 0 Å². The lowest BCUT2D eigenvalue weighted by atomic mass is 10.1. The lowest BCUT2D eigenvalue weighted by molar-refractivity contribution is 0.164. The van der Waals surface area contributed by atoms with Crippen molar-refractivity contribution in [1.29, 1.82) is 0 Å². The highest BCUT2D eigenvalue weighted by Crippen LogP contribution is 2.14. The summed E-state index contributed by atoms with van der Waals surface area (Å²) in [5.41, 5.74) is 2.26. The highest BCUT2D eigenvalue weighted by atomic mass is 15.2. The molecule has 0 saturated carbocycles. The van der Waals surface area contributed by atoms with Crippen molar-refractivity contribution in [3.05, 3.63) is 42.1 Å². The summed E-state index contributed by atoms with van der Waals surface area (Å²) in [5.74, 6) is 0. The molecule has 94 valence electrons. The maximum atomic E-state index is 4.74. The SMILES string of the molecule is C[C@@H]1CNCCN1Cc1ccc2ccccc2n1. The Hall–Kier alpha value is -1.45. The Labute approximate surface area is 108 Å². The Kier molecular flexibility index (Phi) is 3.26. The van der Waals surface area contributed by atoms with Crippen molar-refractivity contribution in [1.82, 2.24) is 15.2 Å². The summed E-state index contributed by atoms with van der Waals surface area (Å²) < 4.78 is 0. The van der Waals surface area contributed by atoms with Crippen LogP contribution in [0.15, 0.2) is 36.4 Å². The van der Waals surface area contributed by atoms with Gasteiger partial charge in [0.25, 0.3) is 0 Å². The maximum Gasteiger partial charge on any atom is 0.0705 e. The van der Waals surface area contributed by atoms with Gasteiger partial charge >= 0.3 is 0 Å². The maximum absolute atomic E-state index is 4.74. The molecule has 1 aromatic heterocycles. The van der Waals surface area contributed by atoms with Gasteiger partial charge in [0.1, 0.15) is 0 Å². The molecule has 0 amide bonds. The second kappa shape index (κ2) is 5.04. The summed E-state index contributed by atoms with van der Waals surface area (Å²) in [4.78, 5) is 7.24. The molecule has 3 rings (SSSR count). The lowest BCUT2D eigenvalue weighted by Gasteiger charge is -2.33. The summed E-state index contributed by atoms with van der Waals surface area (Å²) in [5, 5.41) is 4.64. The average Bonchev–Trinajstić information content (AvgIpc) is 2.41. The third-order valence-corrected chi connectivity index (χ3v) is 3.66. The number of pyridine rings is 1. The highest BCUT2D eigenvalue weighted by Gasteiger charge is 2.18. The second-order valence-corrected chi connectivity index (χ2v) is 5.02. The standard InChI is InChI=1S/C15H19N3/c1-12-10-16-8-9-18(12)11-14-7-6-13-4-2-3-5-15(13)17-14/h2-7,12,16H,8-11H2,1H3/t12-/m1/s1. The third kappa shape index (κ3) is 2.37. The van der Waals surface area contributed by atoms with Crippen molar-refractivity contribution in [2.45, 2.75) is 19.5 Å². The van der Waals surface area contributed by atoms with Crippen molar-refractivity contribution in [3.8, 4) is 0 Å². The van der Waals surface area contributed by atoms with Crippen LogP contribution in [0.1, 0.15) is 12.6 Å². The second-order valence-electron chi connectivity index (χ2n) is 5.02. The first kappa shape index (κ1) is 11.6. The molecule has 1 saturated heterocycles. The van der Waals surface area contributed by atoms with Gasteiger partial charge in [-0.2, -0.15) is 0 Å². The van der Waals surface area contributed by atoms with Crippen LogP contribution in [0.25, 0.3) is 10.9 Å². The van der Waals surface area contributed by atoms with Gasteiger partial charge in [-0.25, -0.2) is 0 Å². The van der Waals surface area contributed by atoms with E-state index in [2.05, 4.69) is 47.5 Å². The number of piperazine rings is 1. The van der Waals surface area contributed by atoms with Gasteiger partial charge in [-0.3, -0.25) is 9.88 Å². The minimum atomic E-state index is 0.590. The molecule has 1 N–H and O–H groups in total. The highest BCUT2D eigenvalue weighted by molar-refractivity contribution is 5.78. The molecule has 0 unspecified atom stereocenters. The van der Waals surface area contributed by atoms with E-state index in [1.165, 1.54) is 11.1 Å². The van der Waals surface area contributed by atoms with E-state index < -0.39 is 0 Å². The Balaban J connectivity index is 1.81. The predicted octanol–water partition coefficient (Wildman–Crippen LogP) is 2.03. The summed E-state index contributed by atoms with van der Waals surface area (Å²) in [6, 6.07) is 13.2. The molecule has 3 heteroatoms. The molecule has 1 aliphatic heterocycles. The molecule has 0 radical (unpaired) electrons. The van der Waals surface area contributed by atoms with Crippen LogP contribution in [0.3, 0.4) is 0 Å². The van der Waals surface area contributed by atoms with Crippen LogP contribution in [0, 0.1) is 0 Å². The smallest absolute Gasteiger partial charge is 0.0705 e. The molecule has 0 spiro atoms. The van der Waals surface area contributed by atoms with E-state index >= 15 is 0 Å². The molecule has 1 fully saturated rings. The molecule has 18 heavy (non-hydrogen) atoms. The number of para-hydroxylation sites is 1. The Bertz CT molecular complexity index is 538. The van der Waals surface area contributed by atoms with E-state index in [9.17, 15) is 0 Å². The summed E-state index contributed by atoms with van der Waals surface area (Å²) >= 11 is 0. The normalized spacial score (nSPS) is 21.3. The fourth-order valence-electron chi connectivity index (χ4n) is 2.52. The van der Waals surface area contributed by atoms with Gasteiger partial charge in [-0.05, 0) is 19.1 Å². The van der Waals surface area contributed by atoms with E-state index in [1.807, 2.05) is 6.07 Å². The Morgan fingerprint density at radius 1 is 1.28 bits per heavy atom. The number of benzene rings is 1. The molecule has 1 aliphatic rings. The monoisotopic (exact) mass is 241 g/mol. The van der Waals surface area contributed by atoms with Gasteiger partial charge in [-0.1, -0.05) is 24.3 Å². The summed E-state index contributed by atoms with van der Waals surface area (Å²) in [6.45, 7) is 6.49. The zero-order valence-corrected chi connectivity index (χ0v) is 10.8. The van der Waals surface area contributed by atoms with Crippen molar-refractivity contribution >= 4 is 10.9 Å². The van der Waals surface area contributed by atoms with Gasteiger partial charge in [0, 0.05) is 37.6 Å².